The van der Waals surface area contributed by atoms with Crippen LogP contribution in [0.15, 0.2) is 87.5 Å². The van der Waals surface area contributed by atoms with Crippen molar-refractivity contribution in [3.63, 3.8) is 0 Å². The van der Waals surface area contributed by atoms with Crippen LogP contribution < -0.4 is 0 Å². The van der Waals surface area contributed by atoms with E-state index in [-0.39, 0.29) is 40.5 Å². The van der Waals surface area contributed by atoms with E-state index in [1.807, 2.05) is 20.8 Å². The molecule has 0 spiro atoms. The van der Waals surface area contributed by atoms with Crippen molar-refractivity contribution in [1.82, 2.24) is 0 Å². The van der Waals surface area contributed by atoms with Gasteiger partial charge in [0.25, 0.3) is 0 Å². The summed E-state index contributed by atoms with van der Waals surface area (Å²) < 4.78 is 93.5. The van der Waals surface area contributed by atoms with Gasteiger partial charge in [-0.2, -0.15) is 0 Å². The Morgan fingerprint density at radius 1 is 0.412 bits per heavy atom. The first-order chi connectivity index (χ1) is 15.0. The first-order valence-corrected chi connectivity index (χ1v) is 13.3. The molecule has 0 saturated carbocycles. The fourth-order valence-electron chi connectivity index (χ4n) is 2.11. The summed E-state index contributed by atoms with van der Waals surface area (Å²) in [5.74, 6) is 0. The average molecular weight is 628 g/mol. The van der Waals surface area contributed by atoms with E-state index in [0.29, 0.717) is 0 Å². The number of hydrogen-bond acceptors (Lipinski definition) is 9. The Kier molecular flexibility index (Phi) is 12.7. The van der Waals surface area contributed by atoms with Gasteiger partial charge in [-0.15, -0.1) is 0 Å². The summed E-state index contributed by atoms with van der Waals surface area (Å²) in [6, 6.07) is 17.3. The van der Waals surface area contributed by atoms with Gasteiger partial charge in [-0.05, 0) is 57.2 Å². The average Bonchev–Trinajstić information content (AvgIpc) is 2.68. The van der Waals surface area contributed by atoms with Crippen LogP contribution in [0, 0.1) is 20.8 Å². The Balaban J connectivity index is 0.000000473. The Morgan fingerprint density at radius 3 is 0.676 bits per heavy atom. The molecule has 0 heterocycles. The van der Waals surface area contributed by atoms with Crippen molar-refractivity contribution in [2.75, 3.05) is 0 Å². The van der Waals surface area contributed by atoms with Gasteiger partial charge in [-0.3, -0.25) is 0 Å². The third-order valence-electron chi connectivity index (χ3n) is 3.93. The van der Waals surface area contributed by atoms with E-state index in [9.17, 15) is 38.9 Å². The Bertz CT molecular complexity index is 1190. The van der Waals surface area contributed by atoms with Gasteiger partial charge in [-0.25, -0.2) is 25.3 Å². The van der Waals surface area contributed by atoms with Crippen molar-refractivity contribution in [1.29, 1.82) is 0 Å². The van der Waals surface area contributed by atoms with Crippen LogP contribution in [0.1, 0.15) is 16.7 Å². The third kappa shape index (κ3) is 12.1. The monoisotopic (exact) mass is 628 g/mol. The number of aryl methyl sites for hydroxylation is 3. The van der Waals surface area contributed by atoms with Crippen molar-refractivity contribution < 1.29 is 38.9 Å². The second kappa shape index (κ2) is 13.4. The van der Waals surface area contributed by atoms with Gasteiger partial charge < -0.3 is 13.7 Å². The molecule has 34 heavy (non-hydrogen) atoms. The summed E-state index contributed by atoms with van der Waals surface area (Å²) in [6.07, 6.45) is 0. The van der Waals surface area contributed by atoms with Gasteiger partial charge in [-0.1, -0.05) is 53.1 Å². The zero-order valence-corrected chi connectivity index (χ0v) is 24.1. The number of rotatable bonds is 3. The van der Waals surface area contributed by atoms with E-state index in [1.54, 1.807) is 36.4 Å². The normalized spacial score (nSPS) is 11.1. The quantitative estimate of drug-likeness (QED) is 0.395. The van der Waals surface area contributed by atoms with Crippen molar-refractivity contribution in [2.45, 2.75) is 35.5 Å². The van der Waals surface area contributed by atoms with E-state index in [0.717, 1.165) is 16.7 Å². The Morgan fingerprint density at radius 2 is 0.559 bits per heavy atom. The van der Waals surface area contributed by atoms with E-state index >= 15 is 0 Å². The summed E-state index contributed by atoms with van der Waals surface area (Å²) in [5.41, 5.74) is 2.78. The molecule has 3 aromatic rings. The zero-order chi connectivity index (χ0) is 25.4. The minimum Gasteiger partial charge on any atom is -0.744 e. The van der Waals surface area contributed by atoms with Crippen molar-refractivity contribution in [3.8, 4) is 0 Å². The molecule has 0 N–H and O–H groups in total. The topological polar surface area (TPSA) is 172 Å². The summed E-state index contributed by atoms with van der Waals surface area (Å²) in [6.45, 7) is 5.46. The molecule has 0 aliphatic rings. The molecule has 0 aromatic heterocycles. The largest absolute Gasteiger partial charge is 3.00 e. The van der Waals surface area contributed by atoms with Crippen molar-refractivity contribution >= 4 is 56.2 Å². The standard InChI is InChI=1S/3C7H8O3S.In/c3*1-6-2-4-7(5-3-6)11(8,9)10;/h3*2-5H,1H3,(H,8,9,10);/q;;;+3/p-3. The fourth-order valence-corrected chi connectivity index (χ4v) is 3.52. The second-order valence-electron chi connectivity index (χ2n) is 6.80. The molecule has 0 aliphatic carbocycles. The molecule has 3 rings (SSSR count). The van der Waals surface area contributed by atoms with Gasteiger partial charge in [0.05, 0.1) is 14.7 Å². The molecule has 180 valence electrons. The Hall–Kier alpha value is -1.74. The van der Waals surface area contributed by atoms with Gasteiger partial charge in [0.1, 0.15) is 30.4 Å². The SMILES string of the molecule is Cc1ccc(S(=O)(=O)[O-])cc1.Cc1ccc(S(=O)(=O)[O-])cc1.Cc1ccc(S(=O)(=O)[O-])cc1.[In+3]. The van der Waals surface area contributed by atoms with Crippen LogP contribution in [0.3, 0.4) is 0 Å². The number of hydrogen-bond donors (Lipinski definition) is 0. The first kappa shape index (κ1) is 32.3. The molecule has 0 radical (unpaired) electrons. The van der Waals surface area contributed by atoms with Crippen LogP contribution in [0.2, 0.25) is 0 Å². The maximum absolute atomic E-state index is 10.4. The smallest absolute Gasteiger partial charge is 0.744 e. The molecule has 0 atom stereocenters. The third-order valence-corrected chi connectivity index (χ3v) is 6.48. The molecule has 9 nitrogen and oxygen atoms in total. The van der Waals surface area contributed by atoms with Crippen LogP contribution in [0.5, 0.6) is 0 Å². The minimum atomic E-state index is -4.27. The first-order valence-electron chi connectivity index (χ1n) is 9.08. The van der Waals surface area contributed by atoms with Crippen LogP contribution in [0.4, 0.5) is 0 Å². The molecule has 13 heteroatoms. The maximum atomic E-state index is 10.4. The van der Waals surface area contributed by atoms with Crippen LogP contribution in [-0.2, 0) is 30.4 Å². The molecule has 0 unspecified atom stereocenters. The van der Waals surface area contributed by atoms with Crippen LogP contribution in [0.25, 0.3) is 0 Å². The van der Waals surface area contributed by atoms with E-state index in [4.69, 9.17) is 0 Å². The molecular weight excluding hydrogens is 607 g/mol. The van der Waals surface area contributed by atoms with E-state index in [1.165, 1.54) is 36.4 Å². The maximum Gasteiger partial charge on any atom is 3.00 e. The molecule has 0 fully saturated rings. The molecule has 3 aromatic carbocycles. The second-order valence-corrected chi connectivity index (χ2v) is 10.9. The zero-order valence-electron chi connectivity index (χ0n) is 18.4. The molecule has 0 bridgehead atoms. The molecule has 0 amide bonds. The van der Waals surface area contributed by atoms with E-state index in [2.05, 4.69) is 0 Å². The summed E-state index contributed by atoms with van der Waals surface area (Å²) in [4.78, 5) is -0.533. The molecule has 0 aliphatic heterocycles. The van der Waals surface area contributed by atoms with Gasteiger partial charge in [0, 0.05) is 0 Å². The minimum absolute atomic E-state index is 0. The van der Waals surface area contributed by atoms with Crippen LogP contribution >= 0.6 is 0 Å². The fraction of sp³-hybridized carbons (Fsp3) is 0.143. The van der Waals surface area contributed by atoms with E-state index < -0.39 is 30.4 Å². The van der Waals surface area contributed by atoms with Crippen molar-refractivity contribution in [3.05, 3.63) is 89.5 Å². The predicted molar refractivity (Wildman–Crippen MR) is 123 cm³/mol. The Labute approximate surface area is 218 Å². The van der Waals surface area contributed by atoms with Gasteiger partial charge >= 0.3 is 25.8 Å². The van der Waals surface area contributed by atoms with Crippen molar-refractivity contribution in [2.24, 2.45) is 0 Å². The summed E-state index contributed by atoms with van der Waals surface area (Å²) in [5, 5.41) is 0. The van der Waals surface area contributed by atoms with Crippen LogP contribution in [-0.4, -0.2) is 64.8 Å². The molecular formula is C21H21InO9S3. The van der Waals surface area contributed by atoms with Gasteiger partial charge in [0.15, 0.2) is 0 Å². The predicted octanol–water partition coefficient (Wildman–Crippen LogP) is 2.32. The number of benzene rings is 3. The summed E-state index contributed by atoms with van der Waals surface area (Å²) in [7, 11) is -12.8. The summed E-state index contributed by atoms with van der Waals surface area (Å²) >= 11 is 0. The molecule has 0 saturated heterocycles. The van der Waals surface area contributed by atoms with Gasteiger partial charge in [0.2, 0.25) is 0 Å².